The molecule has 4 unspecified atom stereocenters. The normalized spacial score (nSPS) is 31.1. The molecule has 0 aromatic rings. The summed E-state index contributed by atoms with van der Waals surface area (Å²) in [5.41, 5.74) is -0.446. The molecule has 0 aromatic carbocycles. The Bertz CT molecular complexity index is 486. The van der Waals surface area contributed by atoms with E-state index in [0.717, 1.165) is 51.6 Å². The van der Waals surface area contributed by atoms with E-state index in [4.69, 9.17) is 16.3 Å². The SMILES string of the molecule is CC1C(C=O)CC(Cl)CC1N(C)CC1CCN(C(=O)OC(C)(C)C)CC1. The van der Waals surface area contributed by atoms with E-state index in [1.807, 2.05) is 25.7 Å². The highest BCUT2D eigenvalue weighted by atomic mass is 35.5. The van der Waals surface area contributed by atoms with Crippen molar-refractivity contribution in [2.75, 3.05) is 26.7 Å². The van der Waals surface area contributed by atoms with Crippen LogP contribution in [-0.2, 0) is 9.53 Å². The van der Waals surface area contributed by atoms with Crippen LogP contribution in [-0.4, -0.2) is 65.9 Å². The van der Waals surface area contributed by atoms with Crippen LogP contribution < -0.4 is 0 Å². The first kappa shape index (κ1) is 21.5. The number of rotatable bonds is 4. The standard InChI is InChI=1S/C20H35ClN2O3/c1-14-16(13-24)10-17(21)11-18(14)22(5)12-15-6-8-23(9-7-15)19(25)26-20(2,3)4/h13-18H,6-12H2,1-5H3. The summed E-state index contributed by atoms with van der Waals surface area (Å²) in [6.07, 6.45) is 4.60. The number of piperidine rings is 1. The molecule has 26 heavy (non-hydrogen) atoms. The Hall–Kier alpha value is -0.810. The Labute approximate surface area is 163 Å². The third kappa shape index (κ3) is 5.85. The summed E-state index contributed by atoms with van der Waals surface area (Å²) in [6.45, 7) is 10.4. The molecule has 0 bridgehead atoms. The molecule has 0 spiro atoms. The van der Waals surface area contributed by atoms with E-state index in [2.05, 4.69) is 18.9 Å². The molecule has 150 valence electrons. The van der Waals surface area contributed by atoms with Crippen LogP contribution in [0.5, 0.6) is 0 Å². The smallest absolute Gasteiger partial charge is 0.410 e. The van der Waals surface area contributed by atoms with Crippen molar-refractivity contribution in [3.8, 4) is 0 Å². The second-order valence-electron chi connectivity index (χ2n) is 9.15. The predicted molar refractivity (Wildman–Crippen MR) is 105 cm³/mol. The zero-order valence-electron chi connectivity index (χ0n) is 16.9. The molecular weight excluding hydrogens is 352 g/mol. The van der Waals surface area contributed by atoms with Crippen LogP contribution in [0.4, 0.5) is 4.79 Å². The second-order valence-corrected chi connectivity index (χ2v) is 9.76. The van der Waals surface area contributed by atoms with Crippen molar-refractivity contribution >= 4 is 24.0 Å². The maximum absolute atomic E-state index is 12.2. The number of amides is 1. The number of hydrogen-bond acceptors (Lipinski definition) is 4. The summed E-state index contributed by atoms with van der Waals surface area (Å²) in [4.78, 5) is 27.7. The largest absolute Gasteiger partial charge is 0.444 e. The van der Waals surface area contributed by atoms with Gasteiger partial charge in [0.1, 0.15) is 11.9 Å². The van der Waals surface area contributed by atoms with Gasteiger partial charge in [0, 0.05) is 37.0 Å². The van der Waals surface area contributed by atoms with Gasteiger partial charge in [0.05, 0.1) is 0 Å². The first-order chi connectivity index (χ1) is 12.1. The summed E-state index contributed by atoms with van der Waals surface area (Å²) in [7, 11) is 2.15. The maximum Gasteiger partial charge on any atom is 0.410 e. The minimum atomic E-state index is -0.446. The lowest BCUT2D eigenvalue weighted by molar-refractivity contribution is -0.114. The average Bonchev–Trinajstić information content (AvgIpc) is 2.55. The van der Waals surface area contributed by atoms with Gasteiger partial charge < -0.3 is 19.3 Å². The number of halogens is 1. The van der Waals surface area contributed by atoms with Gasteiger partial charge in [0.25, 0.3) is 0 Å². The lowest BCUT2D eigenvalue weighted by Gasteiger charge is -2.43. The molecule has 1 saturated carbocycles. The monoisotopic (exact) mass is 386 g/mol. The number of carbonyl (C=O) groups excluding carboxylic acids is 2. The van der Waals surface area contributed by atoms with Gasteiger partial charge in [-0.3, -0.25) is 0 Å². The van der Waals surface area contributed by atoms with Gasteiger partial charge >= 0.3 is 6.09 Å². The van der Waals surface area contributed by atoms with Crippen LogP contribution in [0.25, 0.3) is 0 Å². The summed E-state index contributed by atoms with van der Waals surface area (Å²) in [5.74, 6) is 0.971. The van der Waals surface area contributed by atoms with Crippen LogP contribution in [0.15, 0.2) is 0 Å². The van der Waals surface area contributed by atoms with Gasteiger partial charge in [-0.1, -0.05) is 6.92 Å². The van der Waals surface area contributed by atoms with Crippen molar-refractivity contribution in [3.63, 3.8) is 0 Å². The molecule has 1 amide bonds. The van der Waals surface area contributed by atoms with Gasteiger partial charge in [0.15, 0.2) is 0 Å². The predicted octanol–water partition coefficient (Wildman–Crippen LogP) is 3.79. The van der Waals surface area contributed by atoms with Gasteiger partial charge in [0.2, 0.25) is 0 Å². The third-order valence-corrected chi connectivity index (χ3v) is 6.22. The highest BCUT2D eigenvalue weighted by Gasteiger charge is 2.37. The van der Waals surface area contributed by atoms with Crippen LogP contribution >= 0.6 is 11.6 Å². The van der Waals surface area contributed by atoms with Gasteiger partial charge in [-0.25, -0.2) is 4.79 Å². The van der Waals surface area contributed by atoms with Crippen molar-refractivity contribution < 1.29 is 14.3 Å². The maximum atomic E-state index is 12.2. The summed E-state index contributed by atoms with van der Waals surface area (Å²) >= 11 is 6.40. The van der Waals surface area contributed by atoms with Gasteiger partial charge in [-0.2, -0.15) is 0 Å². The molecule has 2 rings (SSSR count). The number of nitrogens with zero attached hydrogens (tertiary/aromatic N) is 2. The van der Waals surface area contributed by atoms with E-state index in [0.29, 0.717) is 17.9 Å². The minimum absolute atomic E-state index is 0.0627. The third-order valence-electron chi connectivity index (χ3n) is 5.86. The van der Waals surface area contributed by atoms with E-state index in [1.165, 1.54) is 0 Å². The van der Waals surface area contributed by atoms with Crippen LogP contribution in [0.1, 0.15) is 53.4 Å². The fraction of sp³-hybridized carbons (Fsp3) is 0.900. The number of aldehydes is 1. The molecule has 2 aliphatic rings. The molecular formula is C20H35ClN2O3. The lowest BCUT2D eigenvalue weighted by Crippen LogP contribution is -2.49. The topological polar surface area (TPSA) is 49.9 Å². The van der Waals surface area contributed by atoms with Crippen LogP contribution in [0, 0.1) is 17.8 Å². The van der Waals surface area contributed by atoms with Crippen molar-refractivity contribution in [1.82, 2.24) is 9.80 Å². The molecule has 0 N–H and O–H groups in total. The molecule has 2 fully saturated rings. The van der Waals surface area contributed by atoms with Crippen molar-refractivity contribution in [1.29, 1.82) is 0 Å². The Morgan fingerprint density at radius 2 is 1.88 bits per heavy atom. The Balaban J connectivity index is 1.83. The highest BCUT2D eigenvalue weighted by Crippen LogP contribution is 2.35. The zero-order valence-corrected chi connectivity index (χ0v) is 17.7. The minimum Gasteiger partial charge on any atom is -0.444 e. The Kier molecular flexibility index (Phi) is 7.37. The molecule has 4 atom stereocenters. The highest BCUT2D eigenvalue weighted by molar-refractivity contribution is 6.20. The van der Waals surface area contributed by atoms with Crippen molar-refractivity contribution in [3.05, 3.63) is 0 Å². The van der Waals surface area contributed by atoms with Gasteiger partial charge in [-0.05, 0) is 65.3 Å². The lowest BCUT2D eigenvalue weighted by atomic mass is 9.76. The molecule has 1 aliphatic carbocycles. The van der Waals surface area contributed by atoms with Crippen LogP contribution in [0.3, 0.4) is 0 Å². The molecule has 6 heteroatoms. The van der Waals surface area contributed by atoms with Crippen molar-refractivity contribution in [2.45, 2.75) is 70.4 Å². The average molecular weight is 387 g/mol. The number of likely N-dealkylation sites (tertiary alicyclic amines) is 1. The van der Waals surface area contributed by atoms with E-state index in [1.54, 1.807) is 0 Å². The molecule has 1 aliphatic heterocycles. The van der Waals surface area contributed by atoms with E-state index in [-0.39, 0.29) is 17.4 Å². The number of alkyl halides is 1. The molecule has 1 heterocycles. The fourth-order valence-electron chi connectivity index (χ4n) is 4.30. The Morgan fingerprint density at radius 3 is 2.42 bits per heavy atom. The number of ether oxygens (including phenoxy) is 1. The summed E-state index contributed by atoms with van der Waals surface area (Å²) < 4.78 is 5.47. The first-order valence-corrected chi connectivity index (χ1v) is 10.3. The second kappa shape index (κ2) is 8.92. The van der Waals surface area contributed by atoms with E-state index in [9.17, 15) is 9.59 Å². The quantitative estimate of drug-likeness (QED) is 0.545. The zero-order chi connectivity index (χ0) is 19.5. The fourth-order valence-corrected chi connectivity index (χ4v) is 4.68. The van der Waals surface area contributed by atoms with Gasteiger partial charge in [-0.15, -0.1) is 11.6 Å². The van der Waals surface area contributed by atoms with Crippen molar-refractivity contribution in [2.24, 2.45) is 17.8 Å². The number of hydrogen-bond donors (Lipinski definition) is 0. The Morgan fingerprint density at radius 1 is 1.27 bits per heavy atom. The number of carbonyl (C=O) groups is 2. The molecule has 5 nitrogen and oxygen atoms in total. The molecule has 0 radical (unpaired) electrons. The van der Waals surface area contributed by atoms with E-state index >= 15 is 0 Å². The first-order valence-electron chi connectivity index (χ1n) is 9.88. The van der Waals surface area contributed by atoms with E-state index < -0.39 is 5.60 Å². The summed E-state index contributed by atoms with van der Waals surface area (Å²) in [6, 6.07) is 0.352. The summed E-state index contributed by atoms with van der Waals surface area (Å²) in [5, 5.41) is 0.0860. The molecule has 1 saturated heterocycles. The van der Waals surface area contributed by atoms with Crippen LogP contribution in [0.2, 0.25) is 0 Å². The molecule has 0 aromatic heterocycles.